The molecule has 22 heavy (non-hydrogen) atoms. The Balaban J connectivity index is 1.73. The summed E-state index contributed by atoms with van der Waals surface area (Å²) in [5.41, 5.74) is 6.74. The van der Waals surface area contributed by atoms with E-state index in [4.69, 9.17) is 17.3 Å². The van der Waals surface area contributed by atoms with Gasteiger partial charge in [-0.3, -0.25) is 4.79 Å². The summed E-state index contributed by atoms with van der Waals surface area (Å²) >= 11 is 5.87. The SMILES string of the molecule is N[C@@H](C(=O)NS(=O)(=O)c1ccccc1Cl)C1=CCC2CC2C1. The molecule has 0 heterocycles. The van der Waals surface area contributed by atoms with Gasteiger partial charge in [-0.1, -0.05) is 29.8 Å². The van der Waals surface area contributed by atoms with Crippen molar-refractivity contribution in [2.75, 3.05) is 0 Å². The van der Waals surface area contributed by atoms with Gasteiger partial charge in [0.25, 0.3) is 15.9 Å². The lowest BCUT2D eigenvalue weighted by atomic mass is 9.94. The maximum Gasteiger partial charge on any atom is 0.265 e. The predicted molar refractivity (Wildman–Crippen MR) is 83.7 cm³/mol. The van der Waals surface area contributed by atoms with E-state index in [0.717, 1.165) is 24.3 Å². The van der Waals surface area contributed by atoms with Gasteiger partial charge in [0.15, 0.2) is 0 Å². The first-order valence-electron chi connectivity index (χ1n) is 7.14. The maximum atomic E-state index is 12.2. The van der Waals surface area contributed by atoms with Crippen LogP contribution in [0.15, 0.2) is 40.8 Å². The number of amides is 1. The molecule has 118 valence electrons. The summed E-state index contributed by atoms with van der Waals surface area (Å²) in [7, 11) is -4.02. The first kappa shape index (κ1) is 15.5. The summed E-state index contributed by atoms with van der Waals surface area (Å²) in [5, 5.41) is 0.0640. The molecule has 2 aliphatic rings. The lowest BCUT2D eigenvalue weighted by Gasteiger charge is -2.19. The highest BCUT2D eigenvalue weighted by atomic mass is 35.5. The Labute approximate surface area is 134 Å². The van der Waals surface area contributed by atoms with Crippen molar-refractivity contribution in [1.82, 2.24) is 4.72 Å². The van der Waals surface area contributed by atoms with Crippen LogP contribution in [0.1, 0.15) is 19.3 Å². The molecule has 0 saturated heterocycles. The van der Waals surface area contributed by atoms with Crippen LogP contribution >= 0.6 is 11.6 Å². The summed E-state index contributed by atoms with van der Waals surface area (Å²) in [5.74, 6) is 0.621. The van der Waals surface area contributed by atoms with E-state index in [1.165, 1.54) is 18.6 Å². The summed E-state index contributed by atoms with van der Waals surface area (Å²) in [6.45, 7) is 0. The number of hydrogen-bond acceptors (Lipinski definition) is 4. The van der Waals surface area contributed by atoms with E-state index in [1.807, 2.05) is 10.8 Å². The van der Waals surface area contributed by atoms with Gasteiger partial charge < -0.3 is 5.73 Å². The van der Waals surface area contributed by atoms with E-state index in [1.54, 1.807) is 12.1 Å². The van der Waals surface area contributed by atoms with Crippen LogP contribution in [0.4, 0.5) is 0 Å². The number of hydrogen-bond donors (Lipinski definition) is 2. The number of halogens is 1. The van der Waals surface area contributed by atoms with E-state index in [2.05, 4.69) is 0 Å². The number of nitrogens with one attached hydrogen (secondary N) is 1. The Hall–Kier alpha value is -1.37. The zero-order valence-electron chi connectivity index (χ0n) is 11.8. The molecule has 0 aromatic heterocycles. The lowest BCUT2D eigenvalue weighted by Crippen LogP contribution is -2.44. The molecule has 1 amide bonds. The van der Waals surface area contributed by atoms with Gasteiger partial charge in [-0.25, -0.2) is 13.1 Å². The van der Waals surface area contributed by atoms with Crippen molar-refractivity contribution < 1.29 is 13.2 Å². The number of benzene rings is 1. The van der Waals surface area contributed by atoms with Crippen LogP contribution in [0.3, 0.4) is 0 Å². The molecule has 3 rings (SSSR count). The van der Waals surface area contributed by atoms with Gasteiger partial charge in [0.05, 0.1) is 5.02 Å². The molecule has 3 N–H and O–H groups in total. The van der Waals surface area contributed by atoms with Gasteiger partial charge in [0.2, 0.25) is 0 Å². The Bertz CT molecular complexity index is 745. The second-order valence-electron chi connectivity index (χ2n) is 5.85. The lowest BCUT2D eigenvalue weighted by molar-refractivity contribution is -0.119. The van der Waals surface area contributed by atoms with Crippen LogP contribution in [0.25, 0.3) is 0 Å². The minimum absolute atomic E-state index is 0.0640. The maximum absolute atomic E-state index is 12.2. The highest BCUT2D eigenvalue weighted by Gasteiger charge is 2.41. The largest absolute Gasteiger partial charge is 0.316 e. The second kappa shape index (κ2) is 5.68. The van der Waals surface area contributed by atoms with E-state index >= 15 is 0 Å². The molecule has 0 spiro atoms. The molecule has 1 saturated carbocycles. The van der Waals surface area contributed by atoms with Gasteiger partial charge in [-0.2, -0.15) is 0 Å². The fourth-order valence-corrected chi connectivity index (χ4v) is 4.40. The molecular weight excluding hydrogens is 324 g/mol. The molecule has 0 radical (unpaired) electrons. The summed E-state index contributed by atoms with van der Waals surface area (Å²) in [6.07, 6.45) is 4.86. The van der Waals surface area contributed by atoms with E-state index in [-0.39, 0.29) is 9.92 Å². The van der Waals surface area contributed by atoms with Crippen molar-refractivity contribution in [3.05, 3.63) is 40.9 Å². The minimum Gasteiger partial charge on any atom is -0.316 e. The zero-order chi connectivity index (χ0) is 15.9. The van der Waals surface area contributed by atoms with Crippen molar-refractivity contribution in [1.29, 1.82) is 0 Å². The molecule has 0 bridgehead atoms. The minimum atomic E-state index is -4.02. The predicted octanol–water partition coefficient (Wildman–Crippen LogP) is 1.83. The van der Waals surface area contributed by atoms with Crippen LogP contribution in [0.2, 0.25) is 5.02 Å². The summed E-state index contributed by atoms with van der Waals surface area (Å²) in [6, 6.07) is 5.03. The Kier molecular flexibility index (Phi) is 4.01. The number of carbonyl (C=O) groups is 1. The van der Waals surface area contributed by atoms with Crippen LogP contribution < -0.4 is 10.5 Å². The molecule has 0 aliphatic heterocycles. The summed E-state index contributed by atoms with van der Waals surface area (Å²) < 4.78 is 26.5. The Morgan fingerprint density at radius 3 is 2.73 bits per heavy atom. The van der Waals surface area contributed by atoms with Gasteiger partial charge in [-0.15, -0.1) is 0 Å². The smallest absolute Gasteiger partial charge is 0.265 e. The van der Waals surface area contributed by atoms with E-state index in [9.17, 15) is 13.2 Å². The van der Waals surface area contributed by atoms with Crippen LogP contribution in [0, 0.1) is 11.8 Å². The number of fused-ring (bicyclic) bond motifs is 1. The molecule has 1 aromatic carbocycles. The normalized spacial score (nSPS) is 24.9. The van der Waals surface area contributed by atoms with Crippen LogP contribution in [0.5, 0.6) is 0 Å². The number of nitrogens with two attached hydrogens (primary N) is 1. The average molecular weight is 341 g/mol. The Morgan fingerprint density at radius 2 is 2.05 bits per heavy atom. The van der Waals surface area contributed by atoms with Crippen LogP contribution in [-0.2, 0) is 14.8 Å². The summed E-state index contributed by atoms with van der Waals surface area (Å²) in [4.78, 5) is 12.0. The number of rotatable bonds is 4. The van der Waals surface area contributed by atoms with Crippen molar-refractivity contribution in [3.63, 3.8) is 0 Å². The van der Waals surface area contributed by atoms with Gasteiger partial charge in [0, 0.05) is 0 Å². The van der Waals surface area contributed by atoms with Crippen molar-refractivity contribution in [3.8, 4) is 0 Å². The van der Waals surface area contributed by atoms with Gasteiger partial charge in [0.1, 0.15) is 10.9 Å². The fourth-order valence-electron chi connectivity index (χ4n) is 2.87. The highest BCUT2D eigenvalue weighted by molar-refractivity contribution is 7.90. The Morgan fingerprint density at radius 1 is 1.32 bits per heavy atom. The number of sulfonamides is 1. The third kappa shape index (κ3) is 3.04. The standard InChI is InChI=1S/C15H17ClN2O3S/c16-12-3-1-2-4-13(12)22(20,21)18-15(19)14(17)10-6-5-9-7-11(9)8-10/h1-4,6,9,11,14H,5,7-8,17H2,(H,18,19)/t9?,11?,14-/m1/s1. The molecule has 2 aliphatic carbocycles. The van der Waals surface area contributed by atoms with Crippen molar-refractivity contribution >= 4 is 27.5 Å². The second-order valence-corrected chi connectivity index (χ2v) is 7.91. The van der Waals surface area contributed by atoms with Gasteiger partial charge >= 0.3 is 0 Å². The van der Waals surface area contributed by atoms with Crippen LogP contribution in [-0.4, -0.2) is 20.4 Å². The quantitative estimate of drug-likeness (QED) is 0.818. The monoisotopic (exact) mass is 340 g/mol. The topological polar surface area (TPSA) is 89.3 Å². The molecule has 3 atom stereocenters. The third-order valence-corrected chi connectivity index (χ3v) is 6.14. The third-order valence-electron chi connectivity index (χ3n) is 4.29. The van der Waals surface area contributed by atoms with E-state index < -0.39 is 22.0 Å². The first-order valence-corrected chi connectivity index (χ1v) is 9.00. The molecule has 1 aromatic rings. The van der Waals surface area contributed by atoms with E-state index in [0.29, 0.717) is 5.92 Å². The molecule has 2 unspecified atom stereocenters. The molecular formula is C15H17ClN2O3S. The first-order chi connectivity index (χ1) is 10.4. The molecule has 7 heteroatoms. The highest BCUT2D eigenvalue weighted by Crippen LogP contribution is 2.49. The molecule has 5 nitrogen and oxygen atoms in total. The average Bonchev–Trinajstić information content (AvgIpc) is 3.24. The number of allylic oxidation sites excluding steroid dienone is 1. The van der Waals surface area contributed by atoms with Crippen molar-refractivity contribution in [2.24, 2.45) is 17.6 Å². The zero-order valence-corrected chi connectivity index (χ0v) is 13.4. The number of carbonyl (C=O) groups excluding carboxylic acids is 1. The van der Waals surface area contributed by atoms with Gasteiger partial charge in [-0.05, 0) is 48.8 Å². The van der Waals surface area contributed by atoms with Crippen molar-refractivity contribution in [2.45, 2.75) is 30.2 Å². The fraction of sp³-hybridized carbons (Fsp3) is 0.400. The molecule has 1 fully saturated rings.